The quantitative estimate of drug-likeness (QED) is 0.525. The minimum atomic E-state index is -0.589. The molecular formula is C25H24F2N2O2. The van der Waals surface area contributed by atoms with Gasteiger partial charge in [0.1, 0.15) is 17.5 Å². The minimum absolute atomic E-state index is 0.0149. The third kappa shape index (κ3) is 3.87. The average molecular weight is 422 g/mol. The fraction of sp³-hybridized carbons (Fsp3) is 0.360. The molecule has 0 saturated heterocycles. The number of nitrogens with zero attached hydrogens (tertiary/aromatic N) is 1. The number of aromatic amines is 1. The van der Waals surface area contributed by atoms with E-state index in [0.29, 0.717) is 11.6 Å². The summed E-state index contributed by atoms with van der Waals surface area (Å²) in [5, 5.41) is 0. The first-order valence-electron chi connectivity index (χ1n) is 10.9. The van der Waals surface area contributed by atoms with E-state index in [1.54, 1.807) is 0 Å². The second kappa shape index (κ2) is 8.25. The second-order valence-electron chi connectivity index (χ2n) is 8.58. The number of aromatic nitrogens is 2. The Balaban J connectivity index is 1.57. The number of carbonyl (C=O) groups is 1. The monoisotopic (exact) mass is 422 g/mol. The number of imidazole rings is 1. The van der Waals surface area contributed by atoms with Crippen LogP contribution >= 0.6 is 0 Å². The highest BCUT2D eigenvalue weighted by Crippen LogP contribution is 2.45. The highest BCUT2D eigenvalue weighted by atomic mass is 19.1. The van der Waals surface area contributed by atoms with Crippen LogP contribution in [0.25, 0.3) is 11.4 Å². The second-order valence-corrected chi connectivity index (χ2v) is 8.58. The van der Waals surface area contributed by atoms with Crippen molar-refractivity contribution in [3.63, 3.8) is 0 Å². The van der Waals surface area contributed by atoms with Gasteiger partial charge in [0.15, 0.2) is 0 Å². The van der Waals surface area contributed by atoms with Crippen LogP contribution in [0.3, 0.4) is 0 Å². The first kappa shape index (κ1) is 19.9. The number of H-pyrrole nitrogens is 1. The molecule has 4 nitrogen and oxygen atoms in total. The molecular weight excluding hydrogens is 398 g/mol. The van der Waals surface area contributed by atoms with Crippen molar-refractivity contribution >= 4 is 5.97 Å². The molecule has 1 fully saturated rings. The first-order chi connectivity index (χ1) is 15.1. The minimum Gasteiger partial charge on any atom is -0.405 e. The van der Waals surface area contributed by atoms with Crippen LogP contribution in [0.4, 0.5) is 8.78 Å². The number of esters is 1. The molecule has 0 radical (unpaired) electrons. The molecule has 1 unspecified atom stereocenters. The van der Waals surface area contributed by atoms with Gasteiger partial charge in [-0.05, 0) is 36.1 Å². The topological polar surface area (TPSA) is 55.0 Å². The largest absolute Gasteiger partial charge is 0.405 e. The predicted octanol–water partition coefficient (Wildman–Crippen LogP) is 5.99. The van der Waals surface area contributed by atoms with Crippen LogP contribution in [0.15, 0.2) is 48.5 Å². The molecule has 2 aliphatic rings. The first-order valence-corrected chi connectivity index (χ1v) is 10.9. The van der Waals surface area contributed by atoms with Gasteiger partial charge in [0, 0.05) is 5.92 Å². The number of benzene rings is 2. The Hall–Kier alpha value is -3.02. The van der Waals surface area contributed by atoms with Gasteiger partial charge in [-0.1, -0.05) is 62.4 Å². The molecule has 160 valence electrons. The van der Waals surface area contributed by atoms with Crippen molar-refractivity contribution in [1.29, 1.82) is 0 Å². The molecule has 1 aromatic heterocycles. The average Bonchev–Trinajstić information content (AvgIpc) is 3.20. The zero-order chi connectivity index (χ0) is 21.4. The number of halogens is 2. The summed E-state index contributed by atoms with van der Waals surface area (Å²) in [5.74, 6) is -1.26. The van der Waals surface area contributed by atoms with E-state index in [9.17, 15) is 13.6 Å². The Kier molecular flexibility index (Phi) is 5.30. The summed E-state index contributed by atoms with van der Waals surface area (Å²) in [7, 11) is 0. The van der Waals surface area contributed by atoms with Crippen LogP contribution in [0.5, 0.6) is 5.88 Å². The molecule has 2 aromatic carbocycles. The third-order valence-electron chi connectivity index (χ3n) is 6.56. The van der Waals surface area contributed by atoms with E-state index < -0.39 is 11.6 Å². The van der Waals surface area contributed by atoms with E-state index in [1.807, 2.05) is 30.3 Å². The van der Waals surface area contributed by atoms with Gasteiger partial charge in [0.05, 0.1) is 17.2 Å². The van der Waals surface area contributed by atoms with Crippen LogP contribution < -0.4 is 4.74 Å². The molecule has 1 N–H and O–H groups in total. The third-order valence-corrected chi connectivity index (χ3v) is 6.56. The highest BCUT2D eigenvalue weighted by Gasteiger charge is 2.42. The maximum Gasteiger partial charge on any atom is 0.316 e. The molecule has 0 amide bonds. The Labute approximate surface area is 179 Å². The van der Waals surface area contributed by atoms with E-state index in [0.717, 1.165) is 43.0 Å². The Morgan fingerprint density at radius 1 is 1.03 bits per heavy atom. The molecule has 1 aliphatic heterocycles. The van der Waals surface area contributed by atoms with Crippen molar-refractivity contribution < 1.29 is 18.3 Å². The van der Waals surface area contributed by atoms with Crippen LogP contribution in [-0.2, 0) is 4.79 Å². The van der Waals surface area contributed by atoms with Gasteiger partial charge in [-0.3, -0.25) is 4.79 Å². The number of hydrogen-bond donors (Lipinski definition) is 1. The van der Waals surface area contributed by atoms with Crippen molar-refractivity contribution in [3.8, 4) is 17.3 Å². The van der Waals surface area contributed by atoms with Crippen LogP contribution in [0, 0.1) is 23.5 Å². The van der Waals surface area contributed by atoms with Crippen molar-refractivity contribution in [2.75, 3.05) is 0 Å². The summed E-state index contributed by atoms with van der Waals surface area (Å²) in [6.07, 6.45) is 6.64. The molecule has 6 heteroatoms. The lowest BCUT2D eigenvalue weighted by atomic mass is 9.74. The van der Waals surface area contributed by atoms with Gasteiger partial charge in [0.25, 0.3) is 0 Å². The van der Waals surface area contributed by atoms with Gasteiger partial charge >= 0.3 is 5.97 Å². The lowest BCUT2D eigenvalue weighted by molar-refractivity contribution is -0.142. The number of nitrogens with one attached hydrogen (secondary N) is 1. The summed E-state index contributed by atoms with van der Waals surface area (Å²) in [5.41, 5.74) is 1.64. The molecule has 5 rings (SSSR count). The van der Waals surface area contributed by atoms with Crippen LogP contribution in [0.2, 0.25) is 0 Å². The highest BCUT2D eigenvalue weighted by molar-refractivity contribution is 5.80. The normalized spacial score (nSPS) is 21.5. The smallest absolute Gasteiger partial charge is 0.316 e. The Bertz CT molecular complexity index is 1090. The van der Waals surface area contributed by atoms with E-state index >= 15 is 0 Å². The van der Waals surface area contributed by atoms with Gasteiger partial charge in [-0.15, -0.1) is 0 Å². The number of hydrogen-bond acceptors (Lipinski definition) is 3. The molecule has 1 saturated carbocycles. The van der Waals surface area contributed by atoms with Crippen molar-refractivity contribution in [3.05, 3.63) is 71.4 Å². The summed E-state index contributed by atoms with van der Waals surface area (Å²) < 4.78 is 33.7. The lowest BCUT2D eigenvalue weighted by Gasteiger charge is -2.33. The maximum absolute atomic E-state index is 14.4. The zero-order valence-corrected chi connectivity index (χ0v) is 17.1. The van der Waals surface area contributed by atoms with Gasteiger partial charge < -0.3 is 9.72 Å². The molecule has 1 aliphatic carbocycles. The number of rotatable bonds is 4. The fourth-order valence-corrected chi connectivity index (χ4v) is 5.05. The van der Waals surface area contributed by atoms with Gasteiger partial charge in [0.2, 0.25) is 5.88 Å². The maximum atomic E-state index is 14.4. The van der Waals surface area contributed by atoms with E-state index in [2.05, 4.69) is 9.97 Å². The van der Waals surface area contributed by atoms with Crippen molar-refractivity contribution in [1.82, 2.24) is 9.97 Å². The summed E-state index contributed by atoms with van der Waals surface area (Å²) in [4.78, 5) is 20.6. The fourth-order valence-electron chi connectivity index (χ4n) is 5.05. The van der Waals surface area contributed by atoms with E-state index in [1.165, 1.54) is 19.3 Å². The Morgan fingerprint density at radius 2 is 1.81 bits per heavy atom. The standard InChI is InChI=1S/C25H24F2N2O2/c26-17-11-12-20(27)18(14-17)23-28-22-21(16-9-5-2-6-10-16)19(25(30)31-24(22)29-23)13-15-7-3-1-4-8-15/h2,5-6,9-12,14-15,19,21H,1,3-4,7-8,13H2,(H,28,29)/t19?,21-/m1/s1. The molecule has 2 heterocycles. The molecule has 0 spiro atoms. The van der Waals surface area contributed by atoms with E-state index in [-0.39, 0.29) is 35.1 Å². The lowest BCUT2D eigenvalue weighted by Crippen LogP contribution is -2.34. The zero-order valence-electron chi connectivity index (χ0n) is 17.1. The number of fused-ring (bicyclic) bond motifs is 1. The van der Waals surface area contributed by atoms with Crippen LogP contribution in [-0.4, -0.2) is 15.9 Å². The molecule has 3 aromatic rings. The molecule has 0 bridgehead atoms. The van der Waals surface area contributed by atoms with Crippen molar-refractivity contribution in [2.45, 2.75) is 44.4 Å². The van der Waals surface area contributed by atoms with Crippen LogP contribution in [0.1, 0.15) is 55.7 Å². The molecule has 31 heavy (non-hydrogen) atoms. The summed E-state index contributed by atoms with van der Waals surface area (Å²) >= 11 is 0. The van der Waals surface area contributed by atoms with Gasteiger partial charge in [-0.2, -0.15) is 4.98 Å². The summed E-state index contributed by atoms with van der Waals surface area (Å²) in [6, 6.07) is 13.0. The van der Waals surface area contributed by atoms with Gasteiger partial charge in [-0.25, -0.2) is 8.78 Å². The number of ether oxygens (including phenoxy) is 1. The van der Waals surface area contributed by atoms with Crippen molar-refractivity contribution in [2.24, 2.45) is 11.8 Å². The Morgan fingerprint density at radius 3 is 2.58 bits per heavy atom. The SMILES string of the molecule is O=C1Oc2nc(-c3cc(F)ccc3F)[nH]c2[C@H](c2ccccc2)C1CC1CCCCC1. The predicted molar refractivity (Wildman–Crippen MR) is 113 cm³/mol. The summed E-state index contributed by atoms with van der Waals surface area (Å²) in [6.45, 7) is 0. The molecule has 2 atom stereocenters. The van der Waals surface area contributed by atoms with E-state index in [4.69, 9.17) is 4.74 Å². The number of carbonyl (C=O) groups excluding carboxylic acids is 1.